The Hall–Kier alpha value is -1.13. The molecule has 0 aliphatic rings. The van der Waals surface area contributed by atoms with E-state index in [1.807, 2.05) is 13.0 Å². The second kappa shape index (κ2) is 7.25. The van der Waals surface area contributed by atoms with Crippen LogP contribution < -0.4 is 10.5 Å². The van der Waals surface area contributed by atoms with Crippen molar-refractivity contribution in [3.05, 3.63) is 29.6 Å². The number of methoxy groups -OCH3 is 1. The number of nitrogens with two attached hydrogens (primary N) is 1. The molecule has 0 aliphatic heterocycles. The molecular formula is C13H20FNO2. The van der Waals surface area contributed by atoms with Crippen LogP contribution >= 0.6 is 0 Å². The van der Waals surface area contributed by atoms with E-state index in [9.17, 15) is 4.39 Å². The van der Waals surface area contributed by atoms with Crippen molar-refractivity contribution < 1.29 is 13.9 Å². The van der Waals surface area contributed by atoms with Crippen LogP contribution in [-0.2, 0) is 11.2 Å². The van der Waals surface area contributed by atoms with E-state index in [0.717, 1.165) is 12.0 Å². The van der Waals surface area contributed by atoms with Crippen molar-refractivity contribution >= 4 is 0 Å². The fourth-order valence-electron chi connectivity index (χ4n) is 1.62. The van der Waals surface area contributed by atoms with E-state index in [1.54, 1.807) is 6.07 Å². The zero-order valence-corrected chi connectivity index (χ0v) is 10.4. The Morgan fingerprint density at radius 1 is 1.41 bits per heavy atom. The number of halogens is 1. The zero-order valence-electron chi connectivity index (χ0n) is 10.4. The summed E-state index contributed by atoms with van der Waals surface area (Å²) in [5.41, 5.74) is 6.82. The van der Waals surface area contributed by atoms with Gasteiger partial charge in [-0.2, -0.15) is 0 Å². The first-order valence-electron chi connectivity index (χ1n) is 5.83. The summed E-state index contributed by atoms with van der Waals surface area (Å²) in [6.45, 7) is 3.30. The van der Waals surface area contributed by atoms with Crippen molar-refractivity contribution in [2.45, 2.75) is 25.8 Å². The maximum absolute atomic E-state index is 13.4. The number of rotatable bonds is 7. The van der Waals surface area contributed by atoms with Crippen LogP contribution in [0.1, 0.15) is 18.9 Å². The van der Waals surface area contributed by atoms with E-state index >= 15 is 0 Å². The molecule has 0 aliphatic carbocycles. The van der Waals surface area contributed by atoms with Crippen LogP contribution in [0.25, 0.3) is 0 Å². The smallest absolute Gasteiger partial charge is 0.165 e. The molecule has 96 valence electrons. The molecule has 0 aromatic heterocycles. The molecule has 0 heterocycles. The van der Waals surface area contributed by atoms with Gasteiger partial charge < -0.3 is 15.2 Å². The lowest BCUT2D eigenvalue weighted by Crippen LogP contribution is -2.24. The van der Waals surface area contributed by atoms with Crippen molar-refractivity contribution in [3.8, 4) is 5.75 Å². The summed E-state index contributed by atoms with van der Waals surface area (Å²) >= 11 is 0. The summed E-state index contributed by atoms with van der Waals surface area (Å²) in [5, 5.41) is 0. The molecule has 17 heavy (non-hydrogen) atoms. The van der Waals surface area contributed by atoms with Gasteiger partial charge in [0.15, 0.2) is 11.6 Å². The van der Waals surface area contributed by atoms with E-state index < -0.39 is 0 Å². The number of benzene rings is 1. The Kier molecular flexibility index (Phi) is 5.94. The van der Waals surface area contributed by atoms with Gasteiger partial charge in [-0.3, -0.25) is 0 Å². The van der Waals surface area contributed by atoms with Gasteiger partial charge in [-0.05, 0) is 37.5 Å². The average molecular weight is 241 g/mol. The van der Waals surface area contributed by atoms with Crippen LogP contribution in [0.15, 0.2) is 18.2 Å². The molecule has 1 aromatic rings. The Labute approximate surface area is 102 Å². The summed E-state index contributed by atoms with van der Waals surface area (Å²) < 4.78 is 23.5. The molecule has 0 fully saturated rings. The van der Waals surface area contributed by atoms with E-state index in [0.29, 0.717) is 19.6 Å². The molecule has 1 unspecified atom stereocenters. The Morgan fingerprint density at radius 3 is 2.76 bits per heavy atom. The van der Waals surface area contributed by atoms with E-state index in [1.165, 1.54) is 13.2 Å². The van der Waals surface area contributed by atoms with Gasteiger partial charge in [0.1, 0.15) is 0 Å². The van der Waals surface area contributed by atoms with Gasteiger partial charge in [-0.15, -0.1) is 0 Å². The quantitative estimate of drug-likeness (QED) is 0.744. The summed E-state index contributed by atoms with van der Waals surface area (Å²) in [6, 6.07) is 4.93. The van der Waals surface area contributed by atoms with Crippen LogP contribution in [0.4, 0.5) is 4.39 Å². The third-order valence-electron chi connectivity index (χ3n) is 2.55. The fraction of sp³-hybridized carbons (Fsp3) is 0.538. The molecule has 3 nitrogen and oxygen atoms in total. The maximum atomic E-state index is 13.4. The maximum Gasteiger partial charge on any atom is 0.165 e. The normalized spacial score (nSPS) is 12.5. The molecule has 0 bridgehead atoms. The van der Waals surface area contributed by atoms with E-state index in [4.69, 9.17) is 15.2 Å². The highest BCUT2D eigenvalue weighted by Crippen LogP contribution is 2.18. The molecule has 1 atom stereocenters. The lowest BCUT2D eigenvalue weighted by Gasteiger charge is -2.12. The monoisotopic (exact) mass is 241 g/mol. The topological polar surface area (TPSA) is 44.5 Å². The number of ether oxygens (including phenoxy) is 2. The van der Waals surface area contributed by atoms with Crippen LogP contribution in [-0.4, -0.2) is 26.4 Å². The molecule has 1 aromatic carbocycles. The highest BCUT2D eigenvalue weighted by atomic mass is 19.1. The highest BCUT2D eigenvalue weighted by Gasteiger charge is 2.07. The predicted octanol–water partition coefficient (Wildman–Crippen LogP) is 2.13. The summed E-state index contributed by atoms with van der Waals surface area (Å²) in [7, 11) is 1.45. The van der Waals surface area contributed by atoms with Gasteiger partial charge in [-0.1, -0.05) is 6.07 Å². The first-order valence-corrected chi connectivity index (χ1v) is 5.83. The zero-order chi connectivity index (χ0) is 12.7. The molecule has 0 amide bonds. The highest BCUT2D eigenvalue weighted by molar-refractivity contribution is 5.29. The second-order valence-electron chi connectivity index (χ2n) is 3.92. The Bertz CT molecular complexity index is 344. The first kappa shape index (κ1) is 13.9. The van der Waals surface area contributed by atoms with Gasteiger partial charge in [0, 0.05) is 19.3 Å². The van der Waals surface area contributed by atoms with Crippen molar-refractivity contribution in [3.63, 3.8) is 0 Å². The van der Waals surface area contributed by atoms with Crippen molar-refractivity contribution in [1.29, 1.82) is 0 Å². The Morgan fingerprint density at radius 2 is 2.18 bits per heavy atom. The molecule has 0 spiro atoms. The molecule has 0 radical (unpaired) electrons. The Balaban J connectivity index is 2.48. The molecular weight excluding hydrogens is 221 g/mol. The van der Waals surface area contributed by atoms with Crippen molar-refractivity contribution in [2.24, 2.45) is 5.73 Å². The van der Waals surface area contributed by atoms with Gasteiger partial charge in [0.05, 0.1) is 7.11 Å². The van der Waals surface area contributed by atoms with Crippen molar-refractivity contribution in [2.75, 3.05) is 20.3 Å². The standard InChI is InChI=1S/C13H20FNO2/c1-3-17-7-6-11(15)8-10-4-5-13(16-2)12(14)9-10/h4-5,9,11H,3,6-8,15H2,1-2H3. The molecule has 0 saturated carbocycles. The summed E-state index contributed by atoms with van der Waals surface area (Å²) in [6.07, 6.45) is 1.43. The molecule has 1 rings (SSSR count). The first-order chi connectivity index (χ1) is 8.17. The number of hydrogen-bond acceptors (Lipinski definition) is 3. The third kappa shape index (κ3) is 4.71. The van der Waals surface area contributed by atoms with Gasteiger partial charge in [0.25, 0.3) is 0 Å². The lowest BCUT2D eigenvalue weighted by atomic mass is 10.0. The van der Waals surface area contributed by atoms with E-state index in [-0.39, 0.29) is 17.6 Å². The summed E-state index contributed by atoms with van der Waals surface area (Å²) in [5.74, 6) is -0.0846. The van der Waals surface area contributed by atoms with Gasteiger partial charge >= 0.3 is 0 Å². The summed E-state index contributed by atoms with van der Waals surface area (Å²) in [4.78, 5) is 0. The average Bonchev–Trinajstić information content (AvgIpc) is 2.29. The minimum atomic E-state index is -0.345. The van der Waals surface area contributed by atoms with Crippen molar-refractivity contribution in [1.82, 2.24) is 0 Å². The third-order valence-corrected chi connectivity index (χ3v) is 2.55. The molecule has 4 heteroatoms. The molecule has 0 saturated heterocycles. The molecule has 2 N–H and O–H groups in total. The predicted molar refractivity (Wildman–Crippen MR) is 65.7 cm³/mol. The minimum absolute atomic E-state index is 0.00524. The second-order valence-corrected chi connectivity index (χ2v) is 3.92. The van der Waals surface area contributed by atoms with Crippen LogP contribution in [0, 0.1) is 5.82 Å². The lowest BCUT2D eigenvalue weighted by molar-refractivity contribution is 0.140. The van der Waals surface area contributed by atoms with Crippen LogP contribution in [0.2, 0.25) is 0 Å². The van der Waals surface area contributed by atoms with Crippen LogP contribution in [0.5, 0.6) is 5.75 Å². The largest absolute Gasteiger partial charge is 0.494 e. The minimum Gasteiger partial charge on any atom is -0.494 e. The van der Waals surface area contributed by atoms with Crippen LogP contribution in [0.3, 0.4) is 0 Å². The van der Waals surface area contributed by atoms with Gasteiger partial charge in [-0.25, -0.2) is 4.39 Å². The fourth-order valence-corrected chi connectivity index (χ4v) is 1.62. The van der Waals surface area contributed by atoms with Gasteiger partial charge in [0.2, 0.25) is 0 Å². The SMILES string of the molecule is CCOCCC(N)Cc1ccc(OC)c(F)c1. The van der Waals surface area contributed by atoms with E-state index in [2.05, 4.69) is 0 Å². The number of hydrogen-bond donors (Lipinski definition) is 1.